The number of nitrogens with zero attached hydrogens (tertiary/aromatic N) is 4. The van der Waals surface area contributed by atoms with E-state index in [0.717, 1.165) is 49.0 Å². The molecule has 0 radical (unpaired) electrons. The van der Waals surface area contributed by atoms with E-state index in [1.54, 1.807) is 6.20 Å². The number of rotatable bonds is 5. The maximum atomic E-state index is 10.9. The molecular formula is C22H25ClN4O. The van der Waals surface area contributed by atoms with Gasteiger partial charge >= 0.3 is 0 Å². The molecule has 1 atom stereocenters. The van der Waals surface area contributed by atoms with Gasteiger partial charge in [0.1, 0.15) is 11.9 Å². The van der Waals surface area contributed by atoms with Crippen LogP contribution in [0.2, 0.25) is 5.02 Å². The van der Waals surface area contributed by atoms with Crippen LogP contribution >= 0.6 is 11.6 Å². The fourth-order valence-electron chi connectivity index (χ4n) is 3.78. The number of anilines is 1. The fraction of sp³-hybridized carbons (Fsp3) is 0.318. The van der Waals surface area contributed by atoms with E-state index in [0.29, 0.717) is 5.82 Å². The van der Waals surface area contributed by atoms with Gasteiger partial charge in [-0.15, -0.1) is 0 Å². The predicted molar refractivity (Wildman–Crippen MR) is 113 cm³/mol. The molecule has 1 N–H and O–H groups in total. The molecule has 1 fully saturated rings. The average Bonchev–Trinajstić information content (AvgIpc) is 3.16. The Morgan fingerprint density at radius 1 is 1.04 bits per heavy atom. The van der Waals surface area contributed by atoms with Crippen LogP contribution < -0.4 is 4.90 Å². The van der Waals surface area contributed by atoms with Crippen LogP contribution in [0.3, 0.4) is 0 Å². The lowest BCUT2D eigenvalue weighted by molar-refractivity contribution is 0.205. The van der Waals surface area contributed by atoms with Gasteiger partial charge < -0.3 is 14.6 Å². The zero-order valence-corrected chi connectivity index (χ0v) is 16.8. The number of aliphatic hydroxyl groups is 1. The molecule has 0 bridgehead atoms. The summed E-state index contributed by atoms with van der Waals surface area (Å²) >= 11 is 5.98. The Labute approximate surface area is 170 Å². The molecule has 4 rings (SSSR count). The van der Waals surface area contributed by atoms with E-state index in [9.17, 15) is 5.11 Å². The summed E-state index contributed by atoms with van der Waals surface area (Å²) in [4.78, 5) is 9.14. The predicted octanol–water partition coefficient (Wildman–Crippen LogP) is 3.48. The SMILES string of the molecule is Cn1ccnc1[C@@H](O)c1ccccc1N1CCN(Cc2ccc(Cl)cc2)CC1. The molecule has 2 heterocycles. The van der Waals surface area contributed by atoms with Crippen LogP contribution in [0, 0.1) is 0 Å². The summed E-state index contributed by atoms with van der Waals surface area (Å²) in [6.45, 7) is 4.75. The van der Waals surface area contributed by atoms with Crippen molar-refractivity contribution >= 4 is 17.3 Å². The molecule has 0 aliphatic carbocycles. The minimum Gasteiger partial charge on any atom is -0.380 e. The van der Waals surface area contributed by atoms with E-state index in [-0.39, 0.29) is 0 Å². The van der Waals surface area contributed by atoms with Gasteiger partial charge in [-0.1, -0.05) is 41.9 Å². The molecule has 1 aliphatic heterocycles. The van der Waals surface area contributed by atoms with Crippen molar-refractivity contribution in [2.24, 2.45) is 7.05 Å². The highest BCUT2D eigenvalue weighted by molar-refractivity contribution is 6.30. The summed E-state index contributed by atoms with van der Waals surface area (Å²) in [5.74, 6) is 0.661. The van der Waals surface area contributed by atoms with E-state index in [1.165, 1.54) is 5.56 Å². The van der Waals surface area contributed by atoms with Gasteiger partial charge in [-0.3, -0.25) is 4.90 Å². The summed E-state index contributed by atoms with van der Waals surface area (Å²) in [7, 11) is 1.91. The Morgan fingerprint density at radius 3 is 2.43 bits per heavy atom. The molecule has 0 saturated carbocycles. The Hall–Kier alpha value is -2.34. The van der Waals surface area contributed by atoms with Crippen molar-refractivity contribution in [2.75, 3.05) is 31.1 Å². The highest BCUT2D eigenvalue weighted by Crippen LogP contribution is 2.30. The van der Waals surface area contributed by atoms with Crippen LogP contribution in [0.4, 0.5) is 5.69 Å². The lowest BCUT2D eigenvalue weighted by atomic mass is 10.0. The third kappa shape index (κ3) is 4.07. The molecule has 1 saturated heterocycles. The summed E-state index contributed by atoms with van der Waals surface area (Å²) in [5.41, 5.74) is 3.27. The number of halogens is 1. The number of aromatic nitrogens is 2. The van der Waals surface area contributed by atoms with E-state index < -0.39 is 6.10 Å². The number of para-hydroxylation sites is 1. The number of benzene rings is 2. The molecule has 3 aromatic rings. The van der Waals surface area contributed by atoms with Crippen LogP contribution in [0.15, 0.2) is 60.9 Å². The lowest BCUT2D eigenvalue weighted by Gasteiger charge is -2.37. The van der Waals surface area contributed by atoms with Crippen molar-refractivity contribution in [3.8, 4) is 0 Å². The molecule has 28 heavy (non-hydrogen) atoms. The van der Waals surface area contributed by atoms with Gasteiger partial charge in [0.2, 0.25) is 0 Å². The molecule has 0 unspecified atom stereocenters. The Balaban J connectivity index is 1.45. The third-order valence-electron chi connectivity index (χ3n) is 5.37. The van der Waals surface area contributed by atoms with Crippen LogP contribution in [-0.2, 0) is 13.6 Å². The minimum atomic E-state index is -0.733. The van der Waals surface area contributed by atoms with E-state index in [1.807, 2.05) is 48.1 Å². The Kier molecular flexibility index (Phi) is 5.67. The maximum absolute atomic E-state index is 10.9. The topological polar surface area (TPSA) is 44.5 Å². The average molecular weight is 397 g/mol. The number of piperazine rings is 1. The number of hydrogen-bond donors (Lipinski definition) is 1. The lowest BCUT2D eigenvalue weighted by Crippen LogP contribution is -2.46. The Morgan fingerprint density at radius 2 is 1.75 bits per heavy atom. The number of aryl methyl sites for hydroxylation is 1. The van der Waals surface area contributed by atoms with Gasteiger partial charge in [0.25, 0.3) is 0 Å². The van der Waals surface area contributed by atoms with Gasteiger partial charge in [0.05, 0.1) is 0 Å². The summed E-state index contributed by atoms with van der Waals surface area (Å²) in [6.07, 6.45) is 2.84. The zero-order chi connectivity index (χ0) is 19.5. The zero-order valence-electron chi connectivity index (χ0n) is 16.0. The van der Waals surface area contributed by atoms with Crippen molar-refractivity contribution in [3.05, 3.63) is 82.9 Å². The first kappa shape index (κ1) is 19.0. The highest BCUT2D eigenvalue weighted by Gasteiger charge is 2.23. The molecule has 5 nitrogen and oxygen atoms in total. The molecule has 0 amide bonds. The normalized spacial score (nSPS) is 16.3. The number of hydrogen-bond acceptors (Lipinski definition) is 4. The van der Waals surface area contributed by atoms with Crippen LogP contribution in [0.5, 0.6) is 0 Å². The van der Waals surface area contributed by atoms with E-state index >= 15 is 0 Å². The van der Waals surface area contributed by atoms with Gasteiger partial charge in [-0.25, -0.2) is 4.98 Å². The standard InChI is InChI=1S/C22H25ClN4O/c1-25-11-10-24-22(25)21(28)19-4-2-3-5-20(19)27-14-12-26(13-15-27)16-17-6-8-18(23)9-7-17/h2-11,21,28H,12-16H2,1H3/t21-/m0/s1. The first-order chi connectivity index (χ1) is 13.6. The third-order valence-corrected chi connectivity index (χ3v) is 5.62. The van der Waals surface area contributed by atoms with Crippen molar-refractivity contribution in [3.63, 3.8) is 0 Å². The minimum absolute atomic E-state index is 0.661. The largest absolute Gasteiger partial charge is 0.380 e. The second kappa shape index (κ2) is 8.35. The van der Waals surface area contributed by atoms with Crippen molar-refractivity contribution in [1.82, 2.24) is 14.5 Å². The van der Waals surface area contributed by atoms with Crippen LogP contribution in [-0.4, -0.2) is 45.7 Å². The molecular weight excluding hydrogens is 372 g/mol. The van der Waals surface area contributed by atoms with Crippen LogP contribution in [0.25, 0.3) is 0 Å². The Bertz CT molecular complexity index is 916. The second-order valence-electron chi connectivity index (χ2n) is 7.25. The second-order valence-corrected chi connectivity index (χ2v) is 7.68. The number of aliphatic hydroxyl groups excluding tert-OH is 1. The summed E-state index contributed by atoms with van der Waals surface area (Å²) < 4.78 is 1.87. The summed E-state index contributed by atoms with van der Waals surface area (Å²) in [5, 5.41) is 11.7. The molecule has 2 aromatic carbocycles. The maximum Gasteiger partial charge on any atom is 0.142 e. The van der Waals surface area contributed by atoms with Gasteiger partial charge in [-0.2, -0.15) is 0 Å². The number of imidazole rings is 1. The van der Waals surface area contributed by atoms with E-state index in [4.69, 9.17) is 11.6 Å². The van der Waals surface area contributed by atoms with Crippen molar-refractivity contribution in [1.29, 1.82) is 0 Å². The van der Waals surface area contributed by atoms with Gasteiger partial charge in [-0.05, 0) is 23.8 Å². The summed E-state index contributed by atoms with van der Waals surface area (Å²) in [6, 6.07) is 16.2. The van der Waals surface area contributed by atoms with Gasteiger partial charge in [0.15, 0.2) is 0 Å². The van der Waals surface area contributed by atoms with Crippen LogP contribution in [0.1, 0.15) is 23.1 Å². The molecule has 1 aliphatic rings. The molecule has 1 aromatic heterocycles. The quantitative estimate of drug-likeness (QED) is 0.717. The van der Waals surface area contributed by atoms with E-state index in [2.05, 4.69) is 33.0 Å². The fourth-order valence-corrected chi connectivity index (χ4v) is 3.91. The van der Waals surface area contributed by atoms with Crippen molar-refractivity contribution in [2.45, 2.75) is 12.6 Å². The van der Waals surface area contributed by atoms with Crippen molar-refractivity contribution < 1.29 is 5.11 Å². The highest BCUT2D eigenvalue weighted by atomic mass is 35.5. The molecule has 146 valence electrons. The molecule has 0 spiro atoms. The smallest absolute Gasteiger partial charge is 0.142 e. The monoisotopic (exact) mass is 396 g/mol. The first-order valence-electron chi connectivity index (χ1n) is 9.58. The van der Waals surface area contributed by atoms with Gasteiger partial charge in [0, 0.05) is 68.4 Å². The molecule has 6 heteroatoms. The first-order valence-corrected chi connectivity index (χ1v) is 9.95.